The van der Waals surface area contributed by atoms with Gasteiger partial charge in [-0.15, -0.1) is 0 Å². The molecule has 3 aromatic carbocycles. The largest absolute Gasteiger partial charge is 0.487 e. The van der Waals surface area contributed by atoms with Crippen LogP contribution in [0.1, 0.15) is 95.9 Å². The first-order chi connectivity index (χ1) is 25.0. The lowest BCUT2D eigenvalue weighted by atomic mass is 9.87. The molecule has 0 aliphatic carbocycles. The monoisotopic (exact) mass is 716 g/mol. The number of hydrogen-bond donors (Lipinski definition) is 0. The van der Waals surface area contributed by atoms with E-state index in [2.05, 4.69) is 39.8 Å². The standard InChI is InChI=1S/C44H60O8/c1-30(2)24-39(50-29-47-8)41(51-43(45)42(48-9)36-20-19-34-17-10-11-18-35(34)26-36)32(4)16-12-14-31(3)15-13-22-44(6)23-21-37-27-38(49-28-46-7)25-33(5)40(37)52-44/h10-11,15,17-20,24-27,32,39,41-42H,12-14,16,21-23,28-29H2,1-9H3/b31-15+/t32-,39+,41+,42+,44+/m0/s1. The molecule has 8 heteroatoms. The van der Waals surface area contributed by atoms with Crippen LogP contribution in [0, 0.1) is 12.8 Å². The zero-order valence-corrected chi connectivity index (χ0v) is 32.8. The van der Waals surface area contributed by atoms with Gasteiger partial charge in [-0.1, -0.05) is 66.6 Å². The van der Waals surface area contributed by atoms with Crippen LogP contribution in [0.25, 0.3) is 10.8 Å². The first-order valence-corrected chi connectivity index (χ1v) is 18.5. The Morgan fingerprint density at radius 3 is 2.44 bits per heavy atom. The highest BCUT2D eigenvalue weighted by molar-refractivity contribution is 5.85. The van der Waals surface area contributed by atoms with E-state index >= 15 is 0 Å². The Morgan fingerprint density at radius 2 is 1.73 bits per heavy atom. The van der Waals surface area contributed by atoms with E-state index in [1.54, 1.807) is 21.3 Å². The number of benzene rings is 3. The fourth-order valence-electron chi connectivity index (χ4n) is 6.97. The fourth-order valence-corrected chi connectivity index (χ4v) is 6.97. The van der Waals surface area contributed by atoms with E-state index < -0.39 is 24.3 Å². The number of esters is 1. The summed E-state index contributed by atoms with van der Waals surface area (Å²) < 4.78 is 40.8. The van der Waals surface area contributed by atoms with Gasteiger partial charge in [-0.05, 0) is 131 Å². The Hall–Kier alpha value is -3.69. The van der Waals surface area contributed by atoms with E-state index in [1.165, 1.54) is 11.1 Å². The van der Waals surface area contributed by atoms with E-state index in [-0.39, 0.29) is 25.1 Å². The number of carbonyl (C=O) groups excluding carboxylic acids is 1. The van der Waals surface area contributed by atoms with Gasteiger partial charge in [0.1, 0.15) is 36.1 Å². The van der Waals surface area contributed by atoms with Crippen LogP contribution < -0.4 is 9.47 Å². The molecular weight excluding hydrogens is 656 g/mol. The molecule has 0 fully saturated rings. The van der Waals surface area contributed by atoms with Crippen molar-refractivity contribution in [3.8, 4) is 11.5 Å². The third-order valence-electron chi connectivity index (χ3n) is 9.88. The van der Waals surface area contributed by atoms with Crippen molar-refractivity contribution in [1.29, 1.82) is 0 Å². The molecule has 52 heavy (non-hydrogen) atoms. The third-order valence-corrected chi connectivity index (χ3v) is 9.88. The predicted octanol–water partition coefficient (Wildman–Crippen LogP) is 10.0. The molecule has 0 spiro atoms. The van der Waals surface area contributed by atoms with Crippen LogP contribution >= 0.6 is 0 Å². The zero-order valence-electron chi connectivity index (χ0n) is 32.8. The summed E-state index contributed by atoms with van der Waals surface area (Å²) in [4.78, 5) is 13.8. The van der Waals surface area contributed by atoms with Crippen molar-refractivity contribution >= 4 is 16.7 Å². The van der Waals surface area contributed by atoms with Crippen LogP contribution in [0.15, 0.2) is 77.9 Å². The molecule has 3 aromatic rings. The first kappa shape index (κ1) is 41.1. The average Bonchev–Trinajstić information content (AvgIpc) is 3.12. The van der Waals surface area contributed by atoms with Gasteiger partial charge in [0.2, 0.25) is 0 Å². The summed E-state index contributed by atoms with van der Waals surface area (Å²) in [5.74, 6) is 1.38. The van der Waals surface area contributed by atoms with Crippen molar-refractivity contribution in [3.05, 3.63) is 94.6 Å². The van der Waals surface area contributed by atoms with E-state index in [0.717, 1.165) is 83.9 Å². The summed E-state index contributed by atoms with van der Waals surface area (Å²) in [7, 11) is 4.76. The molecule has 4 rings (SSSR count). The molecule has 0 bridgehead atoms. The van der Waals surface area contributed by atoms with Gasteiger partial charge in [-0.2, -0.15) is 0 Å². The van der Waals surface area contributed by atoms with E-state index in [0.29, 0.717) is 0 Å². The first-order valence-electron chi connectivity index (χ1n) is 18.5. The second-order valence-corrected chi connectivity index (χ2v) is 14.7. The summed E-state index contributed by atoms with van der Waals surface area (Å²) in [5, 5.41) is 2.14. The molecule has 1 heterocycles. The Labute approximate surface area is 311 Å². The summed E-state index contributed by atoms with van der Waals surface area (Å²) in [6.45, 7) is 13.0. The van der Waals surface area contributed by atoms with Crippen molar-refractivity contribution in [2.45, 2.75) is 110 Å². The molecule has 284 valence electrons. The molecule has 0 radical (unpaired) electrons. The summed E-state index contributed by atoms with van der Waals surface area (Å²) in [5.41, 5.74) is 5.24. The molecule has 5 atom stereocenters. The van der Waals surface area contributed by atoms with Crippen LogP contribution in [0.2, 0.25) is 0 Å². The van der Waals surface area contributed by atoms with Gasteiger partial charge in [-0.25, -0.2) is 4.79 Å². The lowest BCUT2D eigenvalue weighted by Crippen LogP contribution is -2.39. The van der Waals surface area contributed by atoms with Gasteiger partial charge in [0.15, 0.2) is 12.9 Å². The minimum absolute atomic E-state index is 0.0154. The number of methoxy groups -OCH3 is 3. The smallest absolute Gasteiger partial charge is 0.340 e. The van der Waals surface area contributed by atoms with Crippen LogP contribution in [0.4, 0.5) is 0 Å². The summed E-state index contributed by atoms with van der Waals surface area (Å²) in [6, 6.07) is 18.1. The van der Waals surface area contributed by atoms with Crippen LogP contribution in [0.3, 0.4) is 0 Å². The van der Waals surface area contributed by atoms with Crippen LogP contribution in [0.5, 0.6) is 11.5 Å². The molecule has 0 saturated heterocycles. The lowest BCUT2D eigenvalue weighted by Gasteiger charge is -2.37. The number of aryl methyl sites for hydroxylation is 2. The topological polar surface area (TPSA) is 81.7 Å². The zero-order chi connectivity index (χ0) is 37.7. The molecule has 0 saturated carbocycles. The highest BCUT2D eigenvalue weighted by Gasteiger charge is 2.34. The van der Waals surface area contributed by atoms with E-state index in [1.807, 2.05) is 68.5 Å². The average molecular weight is 717 g/mol. The Balaban J connectivity index is 1.37. The third kappa shape index (κ3) is 11.7. The van der Waals surface area contributed by atoms with Crippen molar-refractivity contribution in [2.24, 2.45) is 5.92 Å². The van der Waals surface area contributed by atoms with Gasteiger partial charge in [-0.3, -0.25) is 0 Å². The second kappa shape index (κ2) is 20.0. The SMILES string of the molecule is COCOc1cc(C)c2c(c1)CC[C@@](C)(CC/C=C(\C)CCC[C@H](C)[C@@H](OC(=O)[C@H](OC)c1ccc3ccccc3c1)[C@@H](C=C(C)C)OCOC)O2. The number of carbonyl (C=O) groups is 1. The van der Waals surface area contributed by atoms with Crippen molar-refractivity contribution in [1.82, 2.24) is 0 Å². The highest BCUT2D eigenvalue weighted by atomic mass is 16.7. The minimum atomic E-state index is -0.862. The predicted molar refractivity (Wildman–Crippen MR) is 207 cm³/mol. The molecule has 0 unspecified atom stereocenters. The Bertz CT molecular complexity index is 1660. The summed E-state index contributed by atoms with van der Waals surface area (Å²) in [6.07, 6.45) is 9.07. The molecular formula is C44H60O8. The van der Waals surface area contributed by atoms with Crippen molar-refractivity contribution < 1.29 is 38.0 Å². The lowest BCUT2D eigenvalue weighted by molar-refractivity contribution is -0.177. The minimum Gasteiger partial charge on any atom is -0.487 e. The summed E-state index contributed by atoms with van der Waals surface area (Å²) >= 11 is 0. The van der Waals surface area contributed by atoms with Crippen LogP contribution in [-0.4, -0.2) is 58.7 Å². The van der Waals surface area contributed by atoms with Gasteiger partial charge in [0, 0.05) is 21.3 Å². The molecule has 1 aliphatic rings. The van der Waals surface area contributed by atoms with Gasteiger partial charge in [0.05, 0.1) is 0 Å². The van der Waals surface area contributed by atoms with E-state index in [4.69, 9.17) is 33.2 Å². The molecule has 0 N–H and O–H groups in total. The Kier molecular flexibility index (Phi) is 15.8. The Morgan fingerprint density at radius 1 is 0.981 bits per heavy atom. The maximum Gasteiger partial charge on any atom is 0.340 e. The number of rotatable bonds is 20. The van der Waals surface area contributed by atoms with Gasteiger partial charge in [0.25, 0.3) is 0 Å². The molecule has 0 aromatic heterocycles. The fraction of sp³-hybridized carbons (Fsp3) is 0.523. The van der Waals surface area contributed by atoms with E-state index in [9.17, 15) is 4.79 Å². The van der Waals surface area contributed by atoms with Crippen molar-refractivity contribution in [3.63, 3.8) is 0 Å². The number of allylic oxidation sites excluding steroid dienone is 3. The molecule has 0 amide bonds. The van der Waals surface area contributed by atoms with Gasteiger partial charge < -0.3 is 33.2 Å². The normalized spacial score (nSPS) is 18.1. The molecule has 1 aliphatic heterocycles. The number of fused-ring (bicyclic) bond motifs is 2. The second-order valence-electron chi connectivity index (χ2n) is 14.7. The number of hydrogen-bond acceptors (Lipinski definition) is 8. The highest BCUT2D eigenvalue weighted by Crippen LogP contribution is 2.40. The van der Waals surface area contributed by atoms with Crippen LogP contribution in [-0.2, 0) is 34.9 Å². The molecule has 8 nitrogen and oxygen atoms in total. The number of ether oxygens (including phenoxy) is 7. The maximum atomic E-state index is 13.8. The van der Waals surface area contributed by atoms with Gasteiger partial charge >= 0.3 is 5.97 Å². The quantitative estimate of drug-likeness (QED) is 0.0650. The van der Waals surface area contributed by atoms with Crippen molar-refractivity contribution in [2.75, 3.05) is 34.9 Å². The maximum absolute atomic E-state index is 13.8.